The Balaban J connectivity index is 0.936. The Kier molecular flexibility index (Phi) is 13.8. The number of hydrogen-bond donors (Lipinski definition) is 4. The lowest BCUT2D eigenvalue weighted by Gasteiger charge is -2.37. The van der Waals surface area contributed by atoms with Gasteiger partial charge in [-0.1, -0.05) is 80.1 Å². The molecule has 324 valence electrons. The summed E-state index contributed by atoms with van der Waals surface area (Å²) in [5, 5.41) is 25.4. The van der Waals surface area contributed by atoms with Crippen molar-refractivity contribution in [3.63, 3.8) is 0 Å². The van der Waals surface area contributed by atoms with Crippen molar-refractivity contribution in [2.45, 2.75) is 102 Å². The standard InChI is InChI=1S/C48H51Cl2F2N7O3/c1-47(2,3)24-40-48(28-53,36-18-14-32(49)23-38(36)51)42(35-9-7-10-37(50)43(35)52)44(57-40)45(61)56-33-15-11-30(12-16-33)25-54-20-6-4-5-8-29-13-17-34-31(22-29)26-55-27-39(34)59-21-19-41(60)58-46(59)62/h7,9-10,13-14,17-18,22-23,26-27,30,33,40,42,44,54,57H,4,6,11-12,15-16,19-21,24-25H2,1-3H3,(H,56,61)(H,58,60,62)/t30?,33?,40-,42-,44+,48-/m0/s1. The van der Waals surface area contributed by atoms with Crippen molar-refractivity contribution in [3.8, 4) is 17.9 Å². The van der Waals surface area contributed by atoms with Gasteiger partial charge in [-0.05, 0) is 98.8 Å². The number of nitriles is 1. The fourth-order valence-electron chi connectivity index (χ4n) is 9.38. The molecule has 0 radical (unpaired) electrons. The average molecular weight is 883 g/mol. The number of nitrogens with one attached hydrogen (secondary N) is 4. The summed E-state index contributed by atoms with van der Waals surface area (Å²) in [6.07, 6.45) is 8.95. The summed E-state index contributed by atoms with van der Waals surface area (Å²) in [7, 11) is 0. The monoisotopic (exact) mass is 881 g/mol. The van der Waals surface area contributed by atoms with Crippen LogP contribution < -0.4 is 26.2 Å². The second kappa shape index (κ2) is 19.1. The lowest BCUT2D eigenvalue weighted by molar-refractivity contribution is -0.124. The molecule has 4 aromatic rings. The number of benzene rings is 3. The molecular formula is C48H51Cl2F2N7O3. The van der Waals surface area contributed by atoms with E-state index in [2.05, 4.69) is 44.2 Å². The number of aromatic nitrogens is 1. The number of rotatable bonds is 11. The zero-order valence-electron chi connectivity index (χ0n) is 35.1. The van der Waals surface area contributed by atoms with E-state index < -0.39 is 41.1 Å². The van der Waals surface area contributed by atoms with Crippen LogP contribution in [0.15, 0.2) is 67.0 Å². The van der Waals surface area contributed by atoms with Crippen LogP contribution in [0, 0.1) is 46.1 Å². The first-order valence-corrected chi connectivity index (χ1v) is 22.0. The number of unbranched alkanes of at least 4 members (excludes halogenated alkanes) is 1. The third kappa shape index (κ3) is 9.75. The fraction of sp³-hybridized carbons (Fsp3) is 0.438. The van der Waals surface area contributed by atoms with Gasteiger partial charge in [0.05, 0.1) is 29.0 Å². The van der Waals surface area contributed by atoms with E-state index in [0.29, 0.717) is 31.0 Å². The van der Waals surface area contributed by atoms with Crippen LogP contribution in [0.1, 0.15) is 94.7 Å². The van der Waals surface area contributed by atoms with Gasteiger partial charge in [0.25, 0.3) is 0 Å². The number of pyridine rings is 1. The highest BCUT2D eigenvalue weighted by Crippen LogP contribution is 2.53. The SMILES string of the molecule is CC(C)(C)C[C@@H]1N[C@@H](C(=O)NC2CCC(CNCCCC#Cc3ccc4c(N5CCC(=O)NC5=O)cncc4c3)CC2)[C@H](c2cccc(Cl)c2F)[C@@]1(C#N)c1ccc(Cl)cc1F. The van der Waals surface area contributed by atoms with Gasteiger partial charge in [0.15, 0.2) is 0 Å². The minimum atomic E-state index is -1.68. The van der Waals surface area contributed by atoms with Gasteiger partial charge in [0.2, 0.25) is 11.8 Å². The van der Waals surface area contributed by atoms with Crippen molar-refractivity contribution in [3.05, 3.63) is 105 Å². The number of anilines is 1. The number of urea groups is 1. The van der Waals surface area contributed by atoms with E-state index in [9.17, 15) is 19.6 Å². The largest absolute Gasteiger partial charge is 0.352 e. The Labute approximate surface area is 371 Å². The molecule has 1 aliphatic carbocycles. The molecule has 4 atom stereocenters. The summed E-state index contributed by atoms with van der Waals surface area (Å²) in [6.45, 7) is 7.99. The van der Waals surface area contributed by atoms with Crippen LogP contribution in [0.5, 0.6) is 0 Å². The Bertz CT molecular complexity index is 2450. The van der Waals surface area contributed by atoms with Crippen LogP contribution in [-0.4, -0.2) is 60.6 Å². The normalized spacial score (nSPS) is 24.0. The van der Waals surface area contributed by atoms with Crippen LogP contribution >= 0.6 is 23.2 Å². The van der Waals surface area contributed by atoms with E-state index in [1.54, 1.807) is 18.5 Å². The first-order chi connectivity index (χ1) is 29.7. The van der Waals surface area contributed by atoms with Gasteiger partial charge in [-0.3, -0.25) is 24.8 Å². The van der Waals surface area contributed by atoms with Gasteiger partial charge < -0.3 is 16.0 Å². The predicted octanol–water partition coefficient (Wildman–Crippen LogP) is 8.68. The molecule has 2 aliphatic heterocycles. The van der Waals surface area contributed by atoms with Crippen molar-refractivity contribution >= 4 is 57.5 Å². The van der Waals surface area contributed by atoms with Crippen LogP contribution in [0.25, 0.3) is 10.8 Å². The molecule has 0 bridgehead atoms. The Hall–Kier alpha value is -5.11. The number of carbonyl (C=O) groups is 3. The summed E-state index contributed by atoms with van der Waals surface area (Å²) in [5.41, 5.74) is -0.384. The van der Waals surface area contributed by atoms with E-state index in [4.69, 9.17) is 23.2 Å². The van der Waals surface area contributed by atoms with Crippen LogP contribution in [0.2, 0.25) is 10.0 Å². The lowest BCUT2D eigenvalue weighted by atomic mass is 9.62. The van der Waals surface area contributed by atoms with Crippen molar-refractivity contribution < 1.29 is 23.2 Å². The molecule has 2 saturated heterocycles. The molecule has 3 aromatic carbocycles. The number of imide groups is 1. The maximum Gasteiger partial charge on any atom is 0.328 e. The molecule has 0 unspecified atom stereocenters. The summed E-state index contributed by atoms with van der Waals surface area (Å²) in [5.74, 6) is 3.74. The van der Waals surface area contributed by atoms with Crippen molar-refractivity contribution in [2.24, 2.45) is 11.3 Å². The van der Waals surface area contributed by atoms with E-state index in [1.165, 1.54) is 29.2 Å². The van der Waals surface area contributed by atoms with Gasteiger partial charge in [-0.2, -0.15) is 5.26 Å². The van der Waals surface area contributed by atoms with Gasteiger partial charge in [0, 0.05) is 70.5 Å². The van der Waals surface area contributed by atoms with Crippen molar-refractivity contribution in [1.82, 2.24) is 26.3 Å². The molecule has 10 nitrogen and oxygen atoms in total. The second-order valence-electron chi connectivity index (χ2n) is 17.9. The second-order valence-corrected chi connectivity index (χ2v) is 18.7. The summed E-state index contributed by atoms with van der Waals surface area (Å²) in [4.78, 5) is 44.3. The molecule has 14 heteroatoms. The molecule has 3 aliphatic rings. The predicted molar refractivity (Wildman–Crippen MR) is 238 cm³/mol. The lowest BCUT2D eigenvalue weighted by Crippen LogP contribution is -2.49. The molecule has 3 heterocycles. The smallest absolute Gasteiger partial charge is 0.328 e. The Morgan fingerprint density at radius 1 is 1.05 bits per heavy atom. The highest BCUT2D eigenvalue weighted by Gasteiger charge is 2.61. The molecule has 1 saturated carbocycles. The summed E-state index contributed by atoms with van der Waals surface area (Å²) in [6, 6.07) is 14.6. The summed E-state index contributed by atoms with van der Waals surface area (Å²) < 4.78 is 32.0. The molecule has 3 fully saturated rings. The molecular weight excluding hydrogens is 831 g/mol. The van der Waals surface area contributed by atoms with Crippen LogP contribution in [0.4, 0.5) is 19.3 Å². The van der Waals surface area contributed by atoms with Crippen LogP contribution in [-0.2, 0) is 15.0 Å². The van der Waals surface area contributed by atoms with E-state index in [-0.39, 0.29) is 50.9 Å². The topological polar surface area (TPSA) is 139 Å². The number of carbonyl (C=O) groups excluding carboxylic acids is 3. The zero-order chi connectivity index (χ0) is 44.2. The third-order valence-electron chi connectivity index (χ3n) is 12.3. The van der Waals surface area contributed by atoms with Gasteiger partial charge in [0.1, 0.15) is 17.0 Å². The maximum absolute atomic E-state index is 16.1. The highest BCUT2D eigenvalue weighted by atomic mass is 35.5. The molecule has 4 N–H and O–H groups in total. The third-order valence-corrected chi connectivity index (χ3v) is 12.9. The van der Waals surface area contributed by atoms with Gasteiger partial charge in [-0.15, -0.1) is 0 Å². The molecule has 4 amide bonds. The maximum atomic E-state index is 16.1. The molecule has 62 heavy (non-hydrogen) atoms. The molecule has 0 spiro atoms. The Morgan fingerprint density at radius 2 is 1.84 bits per heavy atom. The number of halogens is 4. The number of amides is 4. The minimum Gasteiger partial charge on any atom is -0.352 e. The van der Waals surface area contributed by atoms with E-state index >= 15 is 8.78 Å². The van der Waals surface area contributed by atoms with Crippen LogP contribution in [0.3, 0.4) is 0 Å². The van der Waals surface area contributed by atoms with E-state index in [1.807, 2.05) is 39.0 Å². The number of hydrogen-bond acceptors (Lipinski definition) is 7. The highest BCUT2D eigenvalue weighted by molar-refractivity contribution is 6.31. The van der Waals surface area contributed by atoms with E-state index in [0.717, 1.165) is 67.6 Å². The minimum absolute atomic E-state index is 0.0516. The van der Waals surface area contributed by atoms with Crippen molar-refractivity contribution in [1.29, 1.82) is 5.26 Å². The number of fused-ring (bicyclic) bond motifs is 1. The molecule has 7 rings (SSSR count). The average Bonchev–Trinajstić information content (AvgIpc) is 3.54. The van der Waals surface area contributed by atoms with Gasteiger partial charge in [-0.25, -0.2) is 13.6 Å². The number of nitrogens with zero attached hydrogens (tertiary/aromatic N) is 3. The fourth-order valence-corrected chi connectivity index (χ4v) is 9.72. The quantitative estimate of drug-likeness (QED) is 0.0874. The summed E-state index contributed by atoms with van der Waals surface area (Å²) >= 11 is 12.5. The Morgan fingerprint density at radius 3 is 2.56 bits per heavy atom. The zero-order valence-corrected chi connectivity index (χ0v) is 36.6. The van der Waals surface area contributed by atoms with Gasteiger partial charge >= 0.3 is 6.03 Å². The molecule has 1 aromatic heterocycles. The first-order valence-electron chi connectivity index (χ1n) is 21.2. The van der Waals surface area contributed by atoms with Crippen molar-refractivity contribution in [2.75, 3.05) is 24.5 Å². The first kappa shape index (κ1) is 44.9.